The highest BCUT2D eigenvalue weighted by Gasteiger charge is 2.29. The van der Waals surface area contributed by atoms with Crippen LogP contribution in [-0.2, 0) is 4.79 Å². The largest absolute Gasteiger partial charge is 0.278 e. The van der Waals surface area contributed by atoms with E-state index in [9.17, 15) is 9.59 Å². The summed E-state index contributed by atoms with van der Waals surface area (Å²) in [7, 11) is 0. The molecule has 2 heterocycles. The number of imide groups is 1. The monoisotopic (exact) mass is 259 g/mol. The molecule has 16 heavy (non-hydrogen) atoms. The van der Waals surface area contributed by atoms with E-state index >= 15 is 0 Å². The molecule has 1 aliphatic rings. The summed E-state index contributed by atoms with van der Waals surface area (Å²) >= 11 is 11.3. The predicted octanol–water partition coefficient (Wildman–Crippen LogP) is 1.55. The van der Waals surface area contributed by atoms with Crippen molar-refractivity contribution >= 4 is 35.0 Å². The molecule has 7 heteroatoms. The molecule has 5 nitrogen and oxygen atoms in total. The lowest BCUT2D eigenvalue weighted by Gasteiger charge is -2.13. The molecule has 84 valence electrons. The quantitative estimate of drug-likeness (QED) is 0.718. The van der Waals surface area contributed by atoms with E-state index in [0.717, 1.165) is 4.90 Å². The summed E-state index contributed by atoms with van der Waals surface area (Å²) in [6.45, 7) is 0.411. The predicted molar refractivity (Wildman–Crippen MR) is 57.3 cm³/mol. The zero-order valence-electron chi connectivity index (χ0n) is 8.11. The molecule has 0 radical (unpaired) electrons. The van der Waals surface area contributed by atoms with Crippen molar-refractivity contribution in [2.45, 2.75) is 12.8 Å². The maximum absolute atomic E-state index is 11.9. The van der Waals surface area contributed by atoms with E-state index in [1.165, 1.54) is 6.07 Å². The molecule has 1 aromatic heterocycles. The highest BCUT2D eigenvalue weighted by molar-refractivity contribution is 6.34. The van der Waals surface area contributed by atoms with E-state index in [2.05, 4.69) is 10.2 Å². The second-order valence-corrected chi connectivity index (χ2v) is 4.07. The number of amides is 2. The fourth-order valence-electron chi connectivity index (χ4n) is 1.51. The highest BCUT2D eigenvalue weighted by atomic mass is 35.5. The normalized spacial score (nSPS) is 15.6. The van der Waals surface area contributed by atoms with Crippen LogP contribution >= 0.6 is 23.2 Å². The van der Waals surface area contributed by atoms with Crippen LogP contribution in [0, 0.1) is 0 Å². The maximum atomic E-state index is 11.9. The van der Waals surface area contributed by atoms with Crippen LogP contribution < -0.4 is 0 Å². The molecule has 1 aromatic rings. The van der Waals surface area contributed by atoms with Crippen molar-refractivity contribution in [1.29, 1.82) is 0 Å². The second-order valence-electron chi connectivity index (χ2n) is 3.33. The molecule has 0 bridgehead atoms. The fraction of sp³-hybridized carbons (Fsp3) is 0.333. The molecule has 2 amide bonds. The van der Waals surface area contributed by atoms with Gasteiger partial charge >= 0.3 is 0 Å². The minimum atomic E-state index is -0.468. The number of hydrogen-bond acceptors (Lipinski definition) is 4. The minimum Gasteiger partial charge on any atom is -0.278 e. The molecular weight excluding hydrogens is 253 g/mol. The van der Waals surface area contributed by atoms with Gasteiger partial charge in [0.2, 0.25) is 5.91 Å². The molecule has 0 aromatic carbocycles. The van der Waals surface area contributed by atoms with Gasteiger partial charge in [0.1, 0.15) is 0 Å². The van der Waals surface area contributed by atoms with E-state index in [1.807, 2.05) is 0 Å². The highest BCUT2D eigenvalue weighted by Crippen LogP contribution is 2.20. The molecule has 1 aliphatic heterocycles. The molecule has 0 saturated carbocycles. The van der Waals surface area contributed by atoms with E-state index in [0.29, 0.717) is 19.4 Å². The van der Waals surface area contributed by atoms with Crippen molar-refractivity contribution in [3.63, 3.8) is 0 Å². The van der Waals surface area contributed by atoms with Crippen LogP contribution in [0.3, 0.4) is 0 Å². The Kier molecular flexibility index (Phi) is 3.07. The Hall–Kier alpha value is -1.20. The van der Waals surface area contributed by atoms with E-state index in [1.54, 1.807) is 0 Å². The van der Waals surface area contributed by atoms with Gasteiger partial charge in [-0.1, -0.05) is 23.2 Å². The summed E-state index contributed by atoms with van der Waals surface area (Å²) in [4.78, 5) is 24.5. The van der Waals surface area contributed by atoms with E-state index in [-0.39, 0.29) is 21.8 Å². The van der Waals surface area contributed by atoms with Crippen molar-refractivity contribution in [1.82, 2.24) is 15.1 Å². The van der Waals surface area contributed by atoms with Gasteiger partial charge in [0.15, 0.2) is 10.3 Å². The number of likely N-dealkylation sites (tertiary alicyclic amines) is 1. The van der Waals surface area contributed by atoms with Crippen LogP contribution in [0.1, 0.15) is 23.2 Å². The zero-order valence-corrected chi connectivity index (χ0v) is 9.62. The molecular formula is C9H7Cl2N3O2. The van der Waals surface area contributed by atoms with Crippen molar-refractivity contribution in [3.05, 3.63) is 21.9 Å². The van der Waals surface area contributed by atoms with Gasteiger partial charge in [0, 0.05) is 13.0 Å². The Bertz CT molecular complexity index is 464. The van der Waals surface area contributed by atoms with Gasteiger partial charge in [-0.2, -0.15) is 0 Å². The number of halogens is 2. The Balaban J connectivity index is 2.33. The van der Waals surface area contributed by atoms with Crippen LogP contribution in [0.5, 0.6) is 0 Å². The lowest BCUT2D eigenvalue weighted by Crippen LogP contribution is -2.32. The molecule has 0 atom stereocenters. The third-order valence-corrected chi connectivity index (χ3v) is 2.73. The topological polar surface area (TPSA) is 63.2 Å². The van der Waals surface area contributed by atoms with Gasteiger partial charge in [0.05, 0.1) is 5.56 Å². The standard InChI is InChI=1S/C9H7Cl2N3O2/c10-6-4-5(8(11)13-12-6)9(16)14-3-1-2-7(14)15/h4H,1-3H2. The van der Waals surface area contributed by atoms with Gasteiger partial charge in [-0.25, -0.2) is 0 Å². The number of carbonyl (C=O) groups excluding carboxylic acids is 2. The fourth-order valence-corrected chi connectivity index (χ4v) is 1.83. The number of aromatic nitrogens is 2. The van der Waals surface area contributed by atoms with Crippen LogP contribution in [0.2, 0.25) is 10.3 Å². The van der Waals surface area contributed by atoms with Gasteiger partial charge in [-0.3, -0.25) is 14.5 Å². The smallest absolute Gasteiger partial charge is 0.263 e. The lowest BCUT2D eigenvalue weighted by atomic mass is 10.3. The number of carbonyl (C=O) groups is 2. The number of nitrogens with zero attached hydrogens (tertiary/aromatic N) is 3. The molecule has 1 fully saturated rings. The summed E-state index contributed by atoms with van der Waals surface area (Å²) in [5.41, 5.74) is 0.108. The van der Waals surface area contributed by atoms with Crippen LogP contribution in [0.4, 0.5) is 0 Å². The summed E-state index contributed by atoms with van der Waals surface area (Å²) in [5.74, 6) is -0.668. The van der Waals surface area contributed by atoms with Gasteiger partial charge in [-0.05, 0) is 12.5 Å². The van der Waals surface area contributed by atoms with Gasteiger partial charge in [0.25, 0.3) is 5.91 Å². The SMILES string of the molecule is O=C1CCCN1C(=O)c1cc(Cl)nnc1Cl. The van der Waals surface area contributed by atoms with Crippen molar-refractivity contribution in [3.8, 4) is 0 Å². The summed E-state index contributed by atoms with van der Waals surface area (Å²) in [6, 6.07) is 1.31. The van der Waals surface area contributed by atoms with E-state index < -0.39 is 5.91 Å². The number of rotatable bonds is 1. The lowest BCUT2D eigenvalue weighted by molar-refractivity contribution is -0.125. The van der Waals surface area contributed by atoms with E-state index in [4.69, 9.17) is 23.2 Å². The first-order chi connectivity index (χ1) is 7.59. The average Bonchev–Trinajstić information content (AvgIpc) is 2.67. The average molecular weight is 260 g/mol. The summed E-state index contributed by atoms with van der Waals surface area (Å²) < 4.78 is 0. The third-order valence-electron chi connectivity index (χ3n) is 2.27. The molecule has 0 unspecified atom stereocenters. The second kappa shape index (κ2) is 4.35. The molecule has 1 saturated heterocycles. The minimum absolute atomic E-state index is 0.0471. The Morgan fingerprint density at radius 3 is 2.75 bits per heavy atom. The first kappa shape index (κ1) is 11.3. The summed E-state index contributed by atoms with van der Waals surface area (Å²) in [5, 5.41) is 7.04. The zero-order chi connectivity index (χ0) is 11.7. The van der Waals surface area contributed by atoms with Gasteiger partial charge in [-0.15, -0.1) is 10.2 Å². The first-order valence-corrected chi connectivity index (χ1v) is 5.38. The number of hydrogen-bond donors (Lipinski definition) is 0. The molecule has 0 N–H and O–H groups in total. The van der Waals surface area contributed by atoms with Crippen LogP contribution in [0.15, 0.2) is 6.07 Å². The Labute approximate surface area is 101 Å². The van der Waals surface area contributed by atoms with Crippen LogP contribution in [0.25, 0.3) is 0 Å². The van der Waals surface area contributed by atoms with Crippen LogP contribution in [-0.4, -0.2) is 33.5 Å². The molecule has 0 aliphatic carbocycles. The first-order valence-electron chi connectivity index (χ1n) is 4.63. The molecule has 2 rings (SSSR count). The Morgan fingerprint density at radius 1 is 1.38 bits per heavy atom. The van der Waals surface area contributed by atoms with Crippen molar-refractivity contribution in [2.24, 2.45) is 0 Å². The molecule has 0 spiro atoms. The van der Waals surface area contributed by atoms with Gasteiger partial charge < -0.3 is 0 Å². The summed E-state index contributed by atoms with van der Waals surface area (Å²) in [6.07, 6.45) is 1.06. The van der Waals surface area contributed by atoms with Crippen molar-refractivity contribution in [2.75, 3.05) is 6.54 Å². The Morgan fingerprint density at radius 2 is 2.12 bits per heavy atom. The third kappa shape index (κ3) is 2.01. The van der Waals surface area contributed by atoms with Crippen molar-refractivity contribution < 1.29 is 9.59 Å². The maximum Gasteiger partial charge on any atom is 0.263 e.